The second-order valence-electron chi connectivity index (χ2n) is 3.02. The summed E-state index contributed by atoms with van der Waals surface area (Å²) in [4.78, 5) is 4.00. The molecule has 0 saturated carbocycles. The smallest absolute Gasteiger partial charge is 0.137 e. The van der Waals surface area contributed by atoms with Crippen molar-refractivity contribution in [1.82, 2.24) is 19.7 Å². The van der Waals surface area contributed by atoms with Crippen LogP contribution in [-0.2, 0) is 13.5 Å². The van der Waals surface area contributed by atoms with E-state index in [1.807, 2.05) is 17.7 Å². The second kappa shape index (κ2) is 3.75. The van der Waals surface area contributed by atoms with Crippen molar-refractivity contribution in [2.24, 2.45) is 7.05 Å². The van der Waals surface area contributed by atoms with Gasteiger partial charge in [-0.05, 0) is 11.6 Å². The summed E-state index contributed by atoms with van der Waals surface area (Å²) in [6.45, 7) is 0. The summed E-state index contributed by atoms with van der Waals surface area (Å²) in [6, 6.07) is 3.71. The highest BCUT2D eigenvalue weighted by atomic mass is 35.5. The molecule has 0 unspecified atom stereocenters. The highest BCUT2D eigenvalue weighted by Gasteiger charge is 2.02. The zero-order valence-corrected chi connectivity index (χ0v) is 8.44. The Balaban J connectivity index is 2.19. The van der Waals surface area contributed by atoms with E-state index < -0.39 is 0 Å². The fourth-order valence-electron chi connectivity index (χ4n) is 1.16. The van der Waals surface area contributed by atoms with Crippen molar-refractivity contribution in [3.05, 3.63) is 41.2 Å². The Hall–Kier alpha value is -1.42. The van der Waals surface area contributed by atoms with E-state index in [9.17, 15) is 0 Å². The van der Waals surface area contributed by atoms with Crippen LogP contribution in [0.25, 0.3) is 0 Å². The number of pyridine rings is 1. The van der Waals surface area contributed by atoms with Crippen LogP contribution >= 0.6 is 11.6 Å². The predicted octanol–water partition coefficient (Wildman–Crippen LogP) is 1.45. The Labute approximate surface area is 86.6 Å². The van der Waals surface area contributed by atoms with Crippen LogP contribution in [0.1, 0.15) is 11.4 Å². The average Bonchev–Trinajstić information content (AvgIpc) is 2.56. The van der Waals surface area contributed by atoms with Crippen molar-refractivity contribution in [2.75, 3.05) is 0 Å². The molecule has 2 aromatic heterocycles. The number of hydrogen-bond donors (Lipinski definition) is 0. The van der Waals surface area contributed by atoms with Crippen molar-refractivity contribution >= 4 is 11.6 Å². The van der Waals surface area contributed by atoms with Gasteiger partial charge in [0.25, 0.3) is 0 Å². The van der Waals surface area contributed by atoms with Gasteiger partial charge in [0.1, 0.15) is 17.3 Å². The Kier molecular flexibility index (Phi) is 2.45. The Morgan fingerprint density at radius 1 is 1.43 bits per heavy atom. The van der Waals surface area contributed by atoms with Gasteiger partial charge in [-0.25, -0.2) is 4.98 Å². The predicted molar refractivity (Wildman–Crippen MR) is 53.1 cm³/mol. The lowest BCUT2D eigenvalue weighted by Gasteiger charge is -1.99. The minimum atomic E-state index is 0.506. The van der Waals surface area contributed by atoms with Crippen LogP contribution in [0.4, 0.5) is 0 Å². The Morgan fingerprint density at radius 2 is 2.29 bits per heavy atom. The molecule has 0 aliphatic carbocycles. The van der Waals surface area contributed by atoms with Gasteiger partial charge in [0.05, 0.1) is 0 Å². The maximum atomic E-state index is 5.68. The number of aryl methyl sites for hydroxylation is 1. The van der Waals surface area contributed by atoms with Crippen LogP contribution in [0.15, 0.2) is 24.7 Å². The minimum Gasteiger partial charge on any atom is -0.320 e. The molecule has 0 radical (unpaired) electrons. The van der Waals surface area contributed by atoms with Crippen LogP contribution < -0.4 is 0 Å². The number of halogens is 1. The molecule has 0 atom stereocenters. The van der Waals surface area contributed by atoms with E-state index in [-0.39, 0.29) is 0 Å². The lowest BCUT2D eigenvalue weighted by Crippen LogP contribution is -1.98. The minimum absolute atomic E-state index is 0.506. The van der Waals surface area contributed by atoms with E-state index in [1.54, 1.807) is 18.6 Å². The lowest BCUT2D eigenvalue weighted by atomic mass is 10.2. The molecule has 0 spiro atoms. The topological polar surface area (TPSA) is 43.6 Å². The van der Waals surface area contributed by atoms with Gasteiger partial charge in [0, 0.05) is 19.7 Å². The molecular weight excluding hydrogens is 200 g/mol. The molecule has 0 fully saturated rings. The van der Waals surface area contributed by atoms with E-state index in [2.05, 4.69) is 15.2 Å². The second-order valence-corrected chi connectivity index (χ2v) is 3.41. The summed E-state index contributed by atoms with van der Waals surface area (Å²) in [5.74, 6) is 0.911. The first-order valence-electron chi connectivity index (χ1n) is 4.19. The monoisotopic (exact) mass is 208 g/mol. The standard InChI is InChI=1S/C9H9ClN4/c1-14-6-12-13-9(14)4-7-2-3-8(10)11-5-7/h2-3,5-6H,4H2,1H3. The van der Waals surface area contributed by atoms with Gasteiger partial charge in [0.2, 0.25) is 0 Å². The molecular formula is C9H9ClN4. The summed E-state index contributed by atoms with van der Waals surface area (Å²) < 4.78 is 1.88. The zero-order valence-electron chi connectivity index (χ0n) is 7.68. The third kappa shape index (κ3) is 1.90. The first kappa shape index (κ1) is 9.15. The maximum absolute atomic E-state index is 5.68. The molecule has 0 aliphatic heterocycles. The number of nitrogens with zero attached hydrogens (tertiary/aromatic N) is 4. The van der Waals surface area contributed by atoms with Crippen LogP contribution in [0, 0.1) is 0 Å². The maximum Gasteiger partial charge on any atom is 0.137 e. The number of rotatable bonds is 2. The SMILES string of the molecule is Cn1cnnc1Cc1ccc(Cl)nc1. The van der Waals surface area contributed by atoms with Gasteiger partial charge < -0.3 is 4.57 Å². The number of aromatic nitrogens is 4. The first-order chi connectivity index (χ1) is 6.75. The van der Waals surface area contributed by atoms with Crippen molar-refractivity contribution in [3.63, 3.8) is 0 Å². The largest absolute Gasteiger partial charge is 0.320 e. The summed E-state index contributed by atoms with van der Waals surface area (Å²) in [7, 11) is 1.92. The molecule has 2 heterocycles. The Bertz CT molecular complexity index is 421. The molecule has 4 nitrogen and oxygen atoms in total. The van der Waals surface area contributed by atoms with Crippen molar-refractivity contribution in [3.8, 4) is 0 Å². The summed E-state index contributed by atoms with van der Waals surface area (Å²) in [6.07, 6.45) is 4.15. The summed E-state index contributed by atoms with van der Waals surface area (Å²) in [5.41, 5.74) is 1.07. The first-order valence-corrected chi connectivity index (χ1v) is 4.57. The van der Waals surface area contributed by atoms with E-state index in [0.29, 0.717) is 5.15 Å². The van der Waals surface area contributed by atoms with E-state index in [1.165, 1.54) is 0 Å². The molecule has 0 saturated heterocycles. The van der Waals surface area contributed by atoms with Gasteiger partial charge in [-0.3, -0.25) is 0 Å². The summed E-state index contributed by atoms with van der Waals surface area (Å²) in [5, 5.41) is 8.29. The average molecular weight is 209 g/mol. The van der Waals surface area contributed by atoms with Crippen LogP contribution in [0.3, 0.4) is 0 Å². The van der Waals surface area contributed by atoms with E-state index in [0.717, 1.165) is 17.8 Å². The molecule has 0 aliphatic rings. The molecule has 14 heavy (non-hydrogen) atoms. The van der Waals surface area contributed by atoms with Gasteiger partial charge in [-0.15, -0.1) is 10.2 Å². The van der Waals surface area contributed by atoms with Crippen LogP contribution in [0.2, 0.25) is 5.15 Å². The molecule has 0 aromatic carbocycles. The highest BCUT2D eigenvalue weighted by Crippen LogP contribution is 2.08. The molecule has 2 aromatic rings. The lowest BCUT2D eigenvalue weighted by molar-refractivity contribution is 0.819. The molecule has 2 rings (SSSR count). The summed E-state index contributed by atoms with van der Waals surface area (Å²) >= 11 is 5.68. The van der Waals surface area contributed by atoms with Crippen molar-refractivity contribution in [1.29, 1.82) is 0 Å². The molecule has 72 valence electrons. The third-order valence-corrected chi connectivity index (χ3v) is 2.18. The quantitative estimate of drug-likeness (QED) is 0.702. The molecule has 0 bridgehead atoms. The third-order valence-electron chi connectivity index (χ3n) is 1.96. The van der Waals surface area contributed by atoms with Crippen molar-refractivity contribution in [2.45, 2.75) is 6.42 Å². The normalized spacial score (nSPS) is 10.4. The van der Waals surface area contributed by atoms with Crippen LogP contribution in [0.5, 0.6) is 0 Å². The Morgan fingerprint density at radius 3 is 2.86 bits per heavy atom. The molecule has 0 N–H and O–H groups in total. The molecule has 5 heteroatoms. The number of hydrogen-bond acceptors (Lipinski definition) is 3. The van der Waals surface area contributed by atoms with Crippen LogP contribution in [-0.4, -0.2) is 19.7 Å². The molecule has 0 amide bonds. The van der Waals surface area contributed by atoms with Gasteiger partial charge in [-0.1, -0.05) is 17.7 Å². The fraction of sp³-hybridized carbons (Fsp3) is 0.222. The highest BCUT2D eigenvalue weighted by molar-refractivity contribution is 6.29. The van der Waals surface area contributed by atoms with E-state index >= 15 is 0 Å². The zero-order chi connectivity index (χ0) is 9.97. The van der Waals surface area contributed by atoms with Gasteiger partial charge in [-0.2, -0.15) is 0 Å². The van der Waals surface area contributed by atoms with Crippen molar-refractivity contribution < 1.29 is 0 Å². The van der Waals surface area contributed by atoms with Gasteiger partial charge >= 0.3 is 0 Å². The van der Waals surface area contributed by atoms with Gasteiger partial charge in [0.15, 0.2) is 0 Å². The fourth-order valence-corrected chi connectivity index (χ4v) is 1.27. The van der Waals surface area contributed by atoms with E-state index in [4.69, 9.17) is 11.6 Å².